The minimum absolute atomic E-state index is 0.0216. The molecule has 2 fully saturated rings. The number of aromatic nitrogens is 1. The SMILES string of the molecule is C[C@H](C(=O)O)[C@H](c1ccc2c(c1)OC(c1ccc(-c3cc(=O)[nH]cc3F)c(CN(C)C3CCOC3)c1)CC2)C1CC1. The predicted molar refractivity (Wildman–Crippen MR) is 154 cm³/mol. The monoisotopic (exact) mass is 560 g/mol. The van der Waals surface area contributed by atoms with Gasteiger partial charge in [-0.3, -0.25) is 14.5 Å². The van der Waals surface area contributed by atoms with Crippen LogP contribution in [-0.4, -0.2) is 47.3 Å². The molecule has 4 atom stereocenters. The molecular weight excluding hydrogens is 523 g/mol. The van der Waals surface area contributed by atoms with Crippen LogP contribution in [0.25, 0.3) is 11.1 Å². The molecule has 0 spiro atoms. The summed E-state index contributed by atoms with van der Waals surface area (Å²) in [5.74, 6) is -0.497. The van der Waals surface area contributed by atoms with Crippen LogP contribution < -0.4 is 10.3 Å². The third kappa shape index (κ3) is 5.81. The van der Waals surface area contributed by atoms with Gasteiger partial charge in [-0.1, -0.05) is 37.3 Å². The summed E-state index contributed by atoms with van der Waals surface area (Å²) in [5.41, 5.74) is 4.71. The van der Waals surface area contributed by atoms with Gasteiger partial charge < -0.3 is 19.6 Å². The molecule has 3 heterocycles. The number of halogens is 1. The highest BCUT2D eigenvalue weighted by molar-refractivity contribution is 5.71. The van der Waals surface area contributed by atoms with E-state index in [1.165, 1.54) is 6.07 Å². The van der Waals surface area contributed by atoms with Crippen molar-refractivity contribution in [1.82, 2.24) is 9.88 Å². The molecule has 8 heteroatoms. The molecule has 6 rings (SSSR count). The molecule has 3 aliphatic rings. The lowest BCUT2D eigenvalue weighted by Gasteiger charge is -2.30. The fourth-order valence-corrected chi connectivity index (χ4v) is 6.54. The lowest BCUT2D eigenvalue weighted by molar-refractivity contribution is -0.142. The highest BCUT2D eigenvalue weighted by atomic mass is 19.1. The average molecular weight is 561 g/mol. The number of carbonyl (C=O) groups is 1. The van der Waals surface area contributed by atoms with E-state index in [4.69, 9.17) is 9.47 Å². The van der Waals surface area contributed by atoms with Gasteiger partial charge in [0.05, 0.1) is 12.5 Å². The normalized spacial score (nSPS) is 21.8. The Balaban J connectivity index is 1.31. The van der Waals surface area contributed by atoms with Crippen LogP contribution in [0, 0.1) is 17.7 Å². The Hall–Kier alpha value is -3.49. The van der Waals surface area contributed by atoms with Crippen LogP contribution in [0.2, 0.25) is 0 Å². The maximum absolute atomic E-state index is 14.9. The van der Waals surface area contributed by atoms with E-state index in [1.54, 1.807) is 6.92 Å². The third-order valence-corrected chi connectivity index (χ3v) is 9.09. The number of benzene rings is 2. The van der Waals surface area contributed by atoms with Gasteiger partial charge in [-0.2, -0.15) is 0 Å². The molecule has 1 aliphatic carbocycles. The molecule has 2 N–H and O–H groups in total. The van der Waals surface area contributed by atoms with Crippen LogP contribution in [-0.2, 0) is 22.5 Å². The van der Waals surface area contributed by atoms with Gasteiger partial charge in [0.2, 0.25) is 5.56 Å². The van der Waals surface area contributed by atoms with Gasteiger partial charge in [0.15, 0.2) is 0 Å². The minimum atomic E-state index is -0.767. The van der Waals surface area contributed by atoms with Crippen LogP contribution in [0.4, 0.5) is 4.39 Å². The molecule has 0 bridgehead atoms. The zero-order valence-electron chi connectivity index (χ0n) is 23.6. The fourth-order valence-electron chi connectivity index (χ4n) is 6.54. The number of rotatable bonds is 9. The quantitative estimate of drug-likeness (QED) is 0.350. The van der Waals surface area contributed by atoms with Crippen LogP contribution in [0.3, 0.4) is 0 Å². The highest BCUT2D eigenvalue weighted by Crippen LogP contribution is 2.48. The Labute approximate surface area is 239 Å². The van der Waals surface area contributed by atoms with Crippen molar-refractivity contribution >= 4 is 5.97 Å². The lowest BCUT2D eigenvalue weighted by Crippen LogP contribution is -2.31. The molecular formula is C33H37FN2O5. The molecule has 41 heavy (non-hydrogen) atoms. The third-order valence-electron chi connectivity index (χ3n) is 9.09. The molecule has 216 valence electrons. The molecule has 3 aromatic rings. The van der Waals surface area contributed by atoms with Gasteiger partial charge in [-0.25, -0.2) is 4.39 Å². The first-order chi connectivity index (χ1) is 19.8. The first-order valence-electron chi connectivity index (χ1n) is 14.6. The summed E-state index contributed by atoms with van der Waals surface area (Å²) in [5, 5.41) is 9.73. The number of aryl methyl sites for hydroxylation is 1. The van der Waals surface area contributed by atoms with Crippen LogP contribution in [0.5, 0.6) is 5.75 Å². The number of nitrogens with one attached hydrogen (secondary N) is 1. The van der Waals surface area contributed by atoms with Gasteiger partial charge in [0.1, 0.15) is 17.7 Å². The summed E-state index contributed by atoms with van der Waals surface area (Å²) in [6.45, 7) is 3.77. The molecule has 1 saturated carbocycles. The lowest BCUT2D eigenvalue weighted by atomic mass is 9.82. The highest BCUT2D eigenvalue weighted by Gasteiger charge is 2.39. The summed E-state index contributed by atoms with van der Waals surface area (Å²) in [4.78, 5) is 28.6. The number of H-pyrrole nitrogens is 1. The standard InChI is InChI=1S/C33H37FN2O5/c1-19(33(38)39)32(21-4-5-21)23-6-3-20-8-10-29(41-30(20)14-23)22-7-9-26(27-15-31(37)35-16-28(27)34)24(13-22)17-36(2)25-11-12-40-18-25/h3,6-7,9,13-16,19,21,25,29,32H,4-5,8,10-12,17-18H2,1-2H3,(H,35,37)(H,38,39)/t19-,25?,29?,32-/m0/s1. The number of nitrogens with zero attached hydrogens (tertiary/aromatic N) is 1. The van der Waals surface area contributed by atoms with Crippen molar-refractivity contribution in [3.8, 4) is 16.9 Å². The fraction of sp³-hybridized carbons (Fsp3) is 0.455. The van der Waals surface area contributed by atoms with E-state index in [2.05, 4.69) is 34.1 Å². The van der Waals surface area contributed by atoms with Gasteiger partial charge in [0, 0.05) is 37.0 Å². The first-order valence-corrected chi connectivity index (χ1v) is 14.6. The Morgan fingerprint density at radius 3 is 2.68 bits per heavy atom. The molecule has 2 aromatic carbocycles. The van der Waals surface area contributed by atoms with Crippen molar-refractivity contribution < 1.29 is 23.8 Å². The summed E-state index contributed by atoms with van der Waals surface area (Å²) in [7, 11) is 2.05. The number of pyridine rings is 1. The number of carboxylic acid groups (broad SMARTS) is 1. The maximum atomic E-state index is 14.9. The molecule has 2 unspecified atom stereocenters. The summed E-state index contributed by atoms with van der Waals surface area (Å²) < 4.78 is 27.1. The number of fused-ring (bicyclic) bond motifs is 1. The minimum Gasteiger partial charge on any atom is -0.485 e. The van der Waals surface area contributed by atoms with Gasteiger partial charge in [-0.05, 0) is 84.9 Å². The van der Waals surface area contributed by atoms with Gasteiger partial charge >= 0.3 is 5.97 Å². The number of aromatic amines is 1. The van der Waals surface area contributed by atoms with Gasteiger partial charge in [-0.15, -0.1) is 0 Å². The van der Waals surface area contributed by atoms with Gasteiger partial charge in [0.25, 0.3) is 0 Å². The summed E-state index contributed by atoms with van der Waals surface area (Å²) >= 11 is 0. The van der Waals surface area contributed by atoms with Crippen molar-refractivity contribution in [2.45, 2.75) is 63.6 Å². The van der Waals surface area contributed by atoms with E-state index in [-0.39, 0.29) is 29.2 Å². The number of likely N-dealkylation sites (N-methyl/N-ethyl adjacent to an activating group) is 1. The Kier molecular flexibility index (Phi) is 7.70. The predicted octanol–water partition coefficient (Wildman–Crippen LogP) is 5.68. The first kappa shape index (κ1) is 27.7. The van der Waals surface area contributed by atoms with E-state index in [0.717, 1.165) is 72.9 Å². The molecule has 0 radical (unpaired) electrons. The second kappa shape index (κ2) is 11.4. The van der Waals surface area contributed by atoms with E-state index in [0.29, 0.717) is 24.6 Å². The Bertz CT molecular complexity index is 1490. The smallest absolute Gasteiger partial charge is 0.306 e. The zero-order chi connectivity index (χ0) is 28.7. The largest absolute Gasteiger partial charge is 0.485 e. The Morgan fingerprint density at radius 1 is 1.12 bits per heavy atom. The van der Waals surface area contributed by atoms with E-state index in [9.17, 15) is 19.1 Å². The molecule has 0 amide bonds. The number of hydrogen-bond donors (Lipinski definition) is 2. The van der Waals surface area contributed by atoms with Crippen molar-refractivity contribution in [3.05, 3.63) is 87.1 Å². The summed E-state index contributed by atoms with van der Waals surface area (Å²) in [6.07, 6.45) is 5.64. The number of hydrogen-bond acceptors (Lipinski definition) is 5. The van der Waals surface area contributed by atoms with Crippen molar-refractivity contribution in [2.75, 3.05) is 20.3 Å². The molecule has 7 nitrogen and oxygen atoms in total. The number of aliphatic carboxylic acids is 1. The topological polar surface area (TPSA) is 91.9 Å². The zero-order valence-corrected chi connectivity index (χ0v) is 23.6. The molecule has 1 aromatic heterocycles. The van der Waals surface area contributed by atoms with Crippen LogP contribution in [0.1, 0.15) is 66.9 Å². The van der Waals surface area contributed by atoms with Crippen LogP contribution >= 0.6 is 0 Å². The Morgan fingerprint density at radius 2 is 1.95 bits per heavy atom. The second-order valence-electron chi connectivity index (χ2n) is 11.9. The molecule has 1 saturated heterocycles. The maximum Gasteiger partial charge on any atom is 0.306 e. The number of ether oxygens (including phenoxy) is 2. The van der Waals surface area contributed by atoms with E-state index in [1.807, 2.05) is 19.2 Å². The second-order valence-corrected chi connectivity index (χ2v) is 11.9. The average Bonchev–Trinajstić information content (AvgIpc) is 3.64. The summed E-state index contributed by atoms with van der Waals surface area (Å²) in [6, 6.07) is 13.8. The van der Waals surface area contributed by atoms with Crippen molar-refractivity contribution in [3.63, 3.8) is 0 Å². The molecule has 2 aliphatic heterocycles. The van der Waals surface area contributed by atoms with E-state index >= 15 is 0 Å². The number of carboxylic acids is 1. The van der Waals surface area contributed by atoms with Crippen molar-refractivity contribution in [2.24, 2.45) is 11.8 Å². The van der Waals surface area contributed by atoms with Crippen molar-refractivity contribution in [1.29, 1.82) is 0 Å². The van der Waals surface area contributed by atoms with E-state index < -0.39 is 17.7 Å². The van der Waals surface area contributed by atoms with Crippen LogP contribution in [0.15, 0.2) is 53.5 Å².